The highest BCUT2D eigenvalue weighted by atomic mass is 32.2. The predicted molar refractivity (Wildman–Crippen MR) is 139 cm³/mol. The lowest BCUT2D eigenvalue weighted by atomic mass is 10.2. The molecule has 39 heavy (non-hydrogen) atoms. The van der Waals surface area contributed by atoms with Crippen LogP contribution in [-0.2, 0) is 26.3 Å². The molecule has 208 valence electrons. The van der Waals surface area contributed by atoms with Crippen LogP contribution in [0.1, 0.15) is 5.69 Å². The fourth-order valence-electron chi connectivity index (χ4n) is 3.20. The number of anilines is 1. The van der Waals surface area contributed by atoms with Crippen molar-refractivity contribution in [2.45, 2.75) is 16.6 Å². The number of nitrogen functional groups attached to an aromatic ring is 1. The zero-order chi connectivity index (χ0) is 28.9. The number of nitrogens with one attached hydrogen (secondary N) is 2. The minimum absolute atomic E-state index is 0.00153. The van der Waals surface area contributed by atoms with Gasteiger partial charge in [-0.15, -0.1) is 28.0 Å². The molecule has 3 heterocycles. The van der Waals surface area contributed by atoms with Crippen molar-refractivity contribution in [3.63, 3.8) is 0 Å². The molecule has 0 saturated heterocycles. The first-order valence-electron chi connectivity index (χ1n) is 10.3. The Labute approximate surface area is 229 Å². The molecule has 1 aliphatic heterocycles. The van der Waals surface area contributed by atoms with Gasteiger partial charge >= 0.3 is 23.1 Å². The fourth-order valence-corrected chi connectivity index (χ4v) is 6.07. The number of aromatic amines is 1. The van der Waals surface area contributed by atoms with E-state index in [0.29, 0.717) is 5.01 Å². The Bertz CT molecular complexity index is 1480. The molecule has 2 atom stereocenters. The van der Waals surface area contributed by atoms with Crippen molar-refractivity contribution in [3.05, 3.63) is 48.0 Å². The molecule has 3 rings (SSSR count). The quantitative estimate of drug-likeness (QED) is 0.0652. The zero-order valence-corrected chi connectivity index (χ0v) is 22.3. The predicted octanol–water partition coefficient (Wildman–Crippen LogP) is -1.39. The second-order valence-electron chi connectivity index (χ2n) is 7.36. The van der Waals surface area contributed by atoms with Crippen LogP contribution in [-0.4, -0.2) is 88.6 Å². The molecule has 0 aliphatic carbocycles. The van der Waals surface area contributed by atoms with Gasteiger partial charge in [-0.3, -0.25) is 24.2 Å². The maximum Gasteiger partial charge on any atom is 0.354 e. The lowest BCUT2D eigenvalue weighted by Gasteiger charge is -2.35. The number of aryl methyl sites for hydroxylation is 1. The maximum absolute atomic E-state index is 12.9. The third-order valence-electron chi connectivity index (χ3n) is 4.85. The molecular formula is C18H19N9O9S3. The Hall–Kier alpha value is -4.24. The van der Waals surface area contributed by atoms with E-state index < -0.39 is 51.8 Å². The van der Waals surface area contributed by atoms with Crippen molar-refractivity contribution in [3.8, 4) is 0 Å². The third-order valence-corrected chi connectivity index (χ3v) is 7.97. The lowest BCUT2D eigenvalue weighted by molar-refractivity contribution is -0.143. The molecule has 6 N–H and O–H groups in total. The van der Waals surface area contributed by atoms with Crippen molar-refractivity contribution in [2.24, 2.45) is 17.5 Å². The van der Waals surface area contributed by atoms with Crippen LogP contribution in [0, 0.1) is 4.91 Å². The minimum Gasteiger partial charge on any atom is -0.480 e. The van der Waals surface area contributed by atoms with Gasteiger partial charge in [0.05, 0.1) is 5.29 Å². The van der Waals surface area contributed by atoms with Crippen molar-refractivity contribution < 1.29 is 29.4 Å². The van der Waals surface area contributed by atoms with Gasteiger partial charge in [-0.25, -0.2) is 19.6 Å². The van der Waals surface area contributed by atoms with Gasteiger partial charge in [0.15, 0.2) is 22.0 Å². The molecule has 0 unspecified atom stereocenters. The first-order valence-corrected chi connectivity index (χ1v) is 13.3. The third kappa shape index (κ3) is 6.61. The number of carbonyl (C=O) groups excluding carboxylic acids is 1. The van der Waals surface area contributed by atoms with Crippen LogP contribution in [0.3, 0.4) is 0 Å². The van der Waals surface area contributed by atoms with Crippen LogP contribution in [0.5, 0.6) is 0 Å². The number of carboxylic acid groups (broad SMARTS) is 2. The second-order valence-corrected chi connectivity index (χ2v) is 10.3. The summed E-state index contributed by atoms with van der Waals surface area (Å²) in [5, 5.41) is 31.0. The number of rotatable bonds is 11. The summed E-state index contributed by atoms with van der Waals surface area (Å²) in [4.78, 5) is 84.2. The first kappa shape index (κ1) is 29.3. The van der Waals surface area contributed by atoms with Crippen molar-refractivity contribution >= 4 is 63.5 Å². The highest BCUT2D eigenvalue weighted by Crippen LogP contribution is 2.35. The molecule has 0 saturated carbocycles. The molecule has 18 nitrogen and oxygen atoms in total. The Kier molecular flexibility index (Phi) is 9.42. The van der Waals surface area contributed by atoms with E-state index in [4.69, 9.17) is 5.73 Å². The molecule has 21 heteroatoms. The standard InChI is InChI=1S/C18H19N9O9S3/c1-26-18(22-12(29)13(30)23-26)39-4-6-3-37-14(27(25-35)10(6)16(33)34)9(15(31)32)21-11(28)8(24-36-2)7-5-38-17(19)20-7/h5,9,14H,3-4H2,1-2H3,(H2,19,20)(H,21,28)(H,23,30)(H,31,32)(H,33,34)/b24-8+/t9-,14+/m0/s1. The number of oxime groups is 1. The Balaban J connectivity index is 1.90. The van der Waals surface area contributed by atoms with Crippen molar-refractivity contribution in [1.29, 1.82) is 0 Å². The SMILES string of the molecule is CO/N=C(/C(=O)N[C@H](C(=O)O)[C@H]1SCC(CSc2nc(=O)c(=O)[nH]n2C)=C(C(=O)O)N1N=O)c1csc(N)n1. The van der Waals surface area contributed by atoms with Crippen LogP contribution >= 0.6 is 34.9 Å². The van der Waals surface area contributed by atoms with E-state index in [9.17, 15) is 39.1 Å². The number of thioether (sulfide) groups is 2. The van der Waals surface area contributed by atoms with E-state index in [1.807, 2.05) is 0 Å². The molecule has 1 aliphatic rings. The average molecular weight is 602 g/mol. The van der Waals surface area contributed by atoms with Gasteiger partial charge in [0.1, 0.15) is 23.9 Å². The number of aliphatic carboxylic acids is 2. The van der Waals surface area contributed by atoms with Crippen LogP contribution < -0.4 is 22.2 Å². The van der Waals surface area contributed by atoms with E-state index in [1.54, 1.807) is 0 Å². The number of aromatic nitrogens is 4. The normalized spacial score (nSPS) is 16.5. The summed E-state index contributed by atoms with van der Waals surface area (Å²) < 4.78 is 1.16. The smallest absolute Gasteiger partial charge is 0.354 e. The number of thiazole rings is 1. The van der Waals surface area contributed by atoms with Gasteiger partial charge in [0, 0.05) is 23.9 Å². The van der Waals surface area contributed by atoms with E-state index in [2.05, 4.69) is 35.7 Å². The molecule has 0 fully saturated rings. The first-order chi connectivity index (χ1) is 18.5. The number of carbonyl (C=O) groups is 3. The van der Waals surface area contributed by atoms with Gasteiger partial charge in [-0.2, -0.15) is 4.98 Å². The Morgan fingerprint density at radius 3 is 2.64 bits per heavy atom. The molecule has 0 radical (unpaired) electrons. The lowest BCUT2D eigenvalue weighted by Crippen LogP contribution is -2.56. The minimum atomic E-state index is -1.84. The summed E-state index contributed by atoms with van der Waals surface area (Å²) in [7, 11) is 2.56. The van der Waals surface area contributed by atoms with Crippen molar-refractivity contribution in [1.82, 2.24) is 30.1 Å². The number of nitroso groups, excluding NO2 is 1. The van der Waals surface area contributed by atoms with Crippen molar-refractivity contribution in [2.75, 3.05) is 24.3 Å². The second kappa shape index (κ2) is 12.5. The van der Waals surface area contributed by atoms with Crippen LogP contribution in [0.15, 0.2) is 41.8 Å². The fraction of sp³-hybridized carbons (Fsp3) is 0.333. The highest BCUT2D eigenvalue weighted by molar-refractivity contribution is 8.00. The monoisotopic (exact) mass is 601 g/mol. The number of nitrogens with zero attached hydrogens (tertiary/aromatic N) is 6. The summed E-state index contributed by atoms with van der Waals surface area (Å²) >= 11 is 2.71. The van der Waals surface area contributed by atoms with Crippen LogP contribution in [0.25, 0.3) is 0 Å². The van der Waals surface area contributed by atoms with Gasteiger partial charge in [0.2, 0.25) is 0 Å². The molecule has 2 aromatic rings. The summed E-state index contributed by atoms with van der Waals surface area (Å²) in [5.74, 6) is -4.44. The van der Waals surface area contributed by atoms with Gasteiger partial charge in [-0.1, -0.05) is 16.9 Å². The molecule has 2 aromatic heterocycles. The molecule has 0 bridgehead atoms. The number of H-pyrrole nitrogens is 1. The van der Waals surface area contributed by atoms with E-state index in [1.165, 1.54) is 12.4 Å². The number of carboxylic acids is 2. The largest absolute Gasteiger partial charge is 0.480 e. The molecular weight excluding hydrogens is 582 g/mol. The summed E-state index contributed by atoms with van der Waals surface area (Å²) in [6.07, 6.45) is 0. The van der Waals surface area contributed by atoms with Gasteiger partial charge in [-0.05, 0) is 5.57 Å². The van der Waals surface area contributed by atoms with E-state index in [0.717, 1.165) is 46.7 Å². The average Bonchev–Trinajstić information content (AvgIpc) is 3.31. The topological polar surface area (TPSA) is 265 Å². The van der Waals surface area contributed by atoms with Gasteiger partial charge in [0.25, 0.3) is 5.91 Å². The van der Waals surface area contributed by atoms with Crippen LogP contribution in [0.4, 0.5) is 5.13 Å². The summed E-state index contributed by atoms with van der Waals surface area (Å²) in [6.45, 7) is 0. The Morgan fingerprint density at radius 2 is 2.08 bits per heavy atom. The summed E-state index contributed by atoms with van der Waals surface area (Å²) in [5.41, 5.74) is 2.71. The number of amides is 1. The number of nitrogens with two attached hydrogens (primary N) is 1. The van der Waals surface area contributed by atoms with E-state index in [-0.39, 0.29) is 33.1 Å². The maximum atomic E-state index is 12.9. The summed E-state index contributed by atoms with van der Waals surface area (Å²) in [6, 6.07) is -1.84. The molecule has 0 aromatic carbocycles. The number of hydrogen-bond donors (Lipinski definition) is 5. The highest BCUT2D eigenvalue weighted by Gasteiger charge is 2.43. The zero-order valence-electron chi connectivity index (χ0n) is 19.9. The van der Waals surface area contributed by atoms with Gasteiger partial charge < -0.3 is 26.1 Å². The molecule has 0 spiro atoms. The molecule has 1 amide bonds. The Morgan fingerprint density at radius 1 is 1.36 bits per heavy atom. The number of hydrogen-bond acceptors (Lipinski definition) is 15. The van der Waals surface area contributed by atoms with Crippen LogP contribution in [0.2, 0.25) is 0 Å². The van der Waals surface area contributed by atoms with E-state index >= 15 is 0 Å².